The first-order valence-electron chi connectivity index (χ1n) is 9.01. The molecule has 0 aromatic rings. The topological polar surface area (TPSA) is 191 Å². The van der Waals surface area contributed by atoms with E-state index in [2.05, 4.69) is 16.0 Å². The highest BCUT2D eigenvalue weighted by molar-refractivity contribution is 5.94. The van der Waals surface area contributed by atoms with Crippen LogP contribution in [0.15, 0.2) is 0 Å². The number of amides is 3. The molecule has 11 heteroatoms. The van der Waals surface area contributed by atoms with E-state index in [1.165, 1.54) is 6.92 Å². The fourth-order valence-corrected chi connectivity index (χ4v) is 2.23. The summed E-state index contributed by atoms with van der Waals surface area (Å²) in [6, 6.07) is -4.92. The molecule has 11 nitrogen and oxygen atoms in total. The molecule has 0 radical (unpaired) electrons. The molecule has 0 saturated heterocycles. The molecule has 162 valence electrons. The van der Waals surface area contributed by atoms with E-state index in [1.54, 1.807) is 27.7 Å². The second kappa shape index (κ2) is 11.6. The maximum Gasteiger partial charge on any atom is 0.326 e. The minimum Gasteiger partial charge on any atom is -0.480 e. The van der Waals surface area contributed by atoms with E-state index < -0.39 is 66.5 Å². The monoisotopic (exact) mass is 404 g/mol. The Morgan fingerprint density at radius 2 is 1.29 bits per heavy atom. The summed E-state index contributed by atoms with van der Waals surface area (Å²) in [6.07, 6.45) is -1.17. The molecule has 0 aliphatic rings. The van der Waals surface area contributed by atoms with Crippen molar-refractivity contribution in [2.45, 2.75) is 64.9 Å². The van der Waals surface area contributed by atoms with Gasteiger partial charge in [0.2, 0.25) is 17.7 Å². The SMILES string of the molecule is CC(C)C(NC(=O)C(NC(=O)C(CO)NC(=O)C(N)C(C)O)C(C)C)C(=O)O. The summed E-state index contributed by atoms with van der Waals surface area (Å²) in [5.41, 5.74) is 5.48. The summed E-state index contributed by atoms with van der Waals surface area (Å²) in [5, 5.41) is 34.9. The van der Waals surface area contributed by atoms with Gasteiger partial charge in [0.25, 0.3) is 0 Å². The van der Waals surface area contributed by atoms with Gasteiger partial charge in [-0.3, -0.25) is 14.4 Å². The van der Waals surface area contributed by atoms with Crippen LogP contribution in [0.2, 0.25) is 0 Å². The first kappa shape index (κ1) is 25.8. The van der Waals surface area contributed by atoms with Gasteiger partial charge in [-0.05, 0) is 18.8 Å². The van der Waals surface area contributed by atoms with Crippen molar-refractivity contribution in [2.75, 3.05) is 6.61 Å². The number of aliphatic hydroxyl groups is 2. The minimum atomic E-state index is -1.40. The van der Waals surface area contributed by atoms with Crippen LogP contribution in [-0.2, 0) is 19.2 Å². The van der Waals surface area contributed by atoms with Crippen molar-refractivity contribution in [3.05, 3.63) is 0 Å². The van der Waals surface area contributed by atoms with E-state index in [0.29, 0.717) is 0 Å². The Labute approximate surface area is 164 Å². The normalized spacial score (nSPS) is 16.6. The van der Waals surface area contributed by atoms with Crippen LogP contribution in [-0.4, -0.2) is 75.9 Å². The molecule has 5 unspecified atom stereocenters. The van der Waals surface area contributed by atoms with Crippen LogP contribution < -0.4 is 21.7 Å². The Morgan fingerprint density at radius 1 is 0.821 bits per heavy atom. The number of hydrogen-bond donors (Lipinski definition) is 7. The van der Waals surface area contributed by atoms with Crippen molar-refractivity contribution >= 4 is 23.7 Å². The zero-order chi connectivity index (χ0) is 22.2. The lowest BCUT2D eigenvalue weighted by Gasteiger charge is -2.27. The molecule has 0 rings (SSSR count). The lowest BCUT2D eigenvalue weighted by atomic mass is 10.00. The molecular weight excluding hydrogens is 372 g/mol. The predicted octanol–water partition coefficient (Wildman–Crippen LogP) is -2.46. The number of aliphatic carboxylic acids is 1. The van der Waals surface area contributed by atoms with Crippen LogP contribution >= 0.6 is 0 Å². The van der Waals surface area contributed by atoms with E-state index in [0.717, 1.165) is 0 Å². The Bertz CT molecular complexity index is 566. The van der Waals surface area contributed by atoms with E-state index in [-0.39, 0.29) is 5.92 Å². The van der Waals surface area contributed by atoms with E-state index in [4.69, 9.17) is 5.73 Å². The summed E-state index contributed by atoms with van der Waals surface area (Å²) >= 11 is 0. The van der Waals surface area contributed by atoms with Gasteiger partial charge in [-0.2, -0.15) is 0 Å². The fourth-order valence-electron chi connectivity index (χ4n) is 2.23. The average molecular weight is 404 g/mol. The molecule has 0 aromatic carbocycles. The molecule has 5 atom stereocenters. The molecule has 8 N–H and O–H groups in total. The van der Waals surface area contributed by atoms with Crippen LogP contribution in [0.5, 0.6) is 0 Å². The molecule has 0 aliphatic carbocycles. The summed E-state index contributed by atoms with van der Waals surface area (Å²) in [7, 11) is 0. The van der Waals surface area contributed by atoms with Crippen LogP contribution in [0.3, 0.4) is 0 Å². The standard InChI is InChI=1S/C17H32N4O7/c1-7(2)12(16(26)21-13(8(3)4)17(27)28)20-14(24)10(6-22)19-15(25)11(18)9(5)23/h7-13,22-23H,6,18H2,1-5H3,(H,19,25)(H,20,24)(H,21,26)(H,27,28). The van der Waals surface area contributed by atoms with Gasteiger partial charge in [-0.1, -0.05) is 27.7 Å². The highest BCUT2D eigenvalue weighted by Crippen LogP contribution is 2.07. The van der Waals surface area contributed by atoms with Crippen molar-refractivity contribution in [3.63, 3.8) is 0 Å². The third-order valence-corrected chi connectivity index (χ3v) is 4.12. The van der Waals surface area contributed by atoms with Gasteiger partial charge >= 0.3 is 5.97 Å². The van der Waals surface area contributed by atoms with Gasteiger partial charge in [0.05, 0.1) is 12.7 Å². The summed E-state index contributed by atoms with van der Waals surface area (Å²) in [6.45, 7) is 7.08. The van der Waals surface area contributed by atoms with E-state index in [1.807, 2.05) is 0 Å². The van der Waals surface area contributed by atoms with Gasteiger partial charge in [0.1, 0.15) is 24.2 Å². The number of nitrogens with two attached hydrogens (primary N) is 1. The minimum absolute atomic E-state index is 0.378. The number of hydrogen-bond acceptors (Lipinski definition) is 7. The molecule has 3 amide bonds. The molecule has 0 spiro atoms. The lowest BCUT2D eigenvalue weighted by Crippen LogP contribution is -2.60. The zero-order valence-electron chi connectivity index (χ0n) is 16.8. The average Bonchev–Trinajstić information content (AvgIpc) is 2.59. The third-order valence-electron chi connectivity index (χ3n) is 4.12. The molecule has 0 aliphatic heterocycles. The molecule has 28 heavy (non-hydrogen) atoms. The number of rotatable bonds is 11. The molecular formula is C17H32N4O7. The van der Waals surface area contributed by atoms with Gasteiger partial charge in [0, 0.05) is 0 Å². The third kappa shape index (κ3) is 7.79. The largest absolute Gasteiger partial charge is 0.480 e. The summed E-state index contributed by atoms with van der Waals surface area (Å²) < 4.78 is 0. The first-order valence-corrected chi connectivity index (χ1v) is 9.01. The number of carbonyl (C=O) groups is 4. The second-order valence-corrected chi connectivity index (χ2v) is 7.31. The van der Waals surface area contributed by atoms with Crippen molar-refractivity contribution in [3.8, 4) is 0 Å². The van der Waals surface area contributed by atoms with Gasteiger partial charge < -0.3 is 37.0 Å². The molecule has 0 saturated carbocycles. The second-order valence-electron chi connectivity index (χ2n) is 7.31. The quantitative estimate of drug-likeness (QED) is 0.197. The van der Waals surface area contributed by atoms with E-state index in [9.17, 15) is 34.5 Å². The fraction of sp³-hybridized carbons (Fsp3) is 0.765. The number of aliphatic hydroxyl groups excluding tert-OH is 2. The number of carbonyl (C=O) groups excluding carboxylic acids is 3. The van der Waals surface area contributed by atoms with Gasteiger partial charge in [0.15, 0.2) is 0 Å². The smallest absolute Gasteiger partial charge is 0.326 e. The van der Waals surface area contributed by atoms with Crippen molar-refractivity contribution in [2.24, 2.45) is 17.6 Å². The summed E-state index contributed by atoms with van der Waals surface area (Å²) in [4.78, 5) is 48.0. The Kier molecular flexibility index (Phi) is 10.6. The predicted molar refractivity (Wildman–Crippen MR) is 99.8 cm³/mol. The number of carboxylic acids is 1. The van der Waals surface area contributed by atoms with Gasteiger partial charge in [-0.25, -0.2) is 4.79 Å². The molecule has 0 heterocycles. The van der Waals surface area contributed by atoms with Crippen molar-refractivity contribution in [1.29, 1.82) is 0 Å². The molecule has 0 bridgehead atoms. The van der Waals surface area contributed by atoms with Crippen LogP contribution in [0.1, 0.15) is 34.6 Å². The number of nitrogens with one attached hydrogen (secondary N) is 3. The zero-order valence-corrected chi connectivity index (χ0v) is 16.8. The Balaban J connectivity index is 5.20. The number of carboxylic acid groups (broad SMARTS) is 1. The molecule has 0 aromatic heterocycles. The highest BCUT2D eigenvalue weighted by atomic mass is 16.4. The highest BCUT2D eigenvalue weighted by Gasteiger charge is 2.32. The van der Waals surface area contributed by atoms with Crippen LogP contribution in [0.25, 0.3) is 0 Å². The maximum absolute atomic E-state index is 12.5. The lowest BCUT2D eigenvalue weighted by molar-refractivity contribution is -0.144. The first-order chi connectivity index (χ1) is 12.8. The van der Waals surface area contributed by atoms with E-state index >= 15 is 0 Å². The van der Waals surface area contributed by atoms with Crippen molar-refractivity contribution in [1.82, 2.24) is 16.0 Å². The van der Waals surface area contributed by atoms with Crippen LogP contribution in [0, 0.1) is 11.8 Å². The Morgan fingerprint density at radius 3 is 1.64 bits per heavy atom. The summed E-state index contributed by atoms with van der Waals surface area (Å²) in [5.74, 6) is -4.38. The molecule has 0 fully saturated rings. The Hall–Kier alpha value is -2.24. The van der Waals surface area contributed by atoms with Crippen LogP contribution in [0.4, 0.5) is 0 Å². The van der Waals surface area contributed by atoms with Crippen molar-refractivity contribution < 1.29 is 34.5 Å². The van der Waals surface area contributed by atoms with Gasteiger partial charge in [-0.15, -0.1) is 0 Å². The maximum atomic E-state index is 12.5.